The van der Waals surface area contributed by atoms with E-state index >= 15 is 0 Å². The Labute approximate surface area is 162 Å². The van der Waals surface area contributed by atoms with E-state index in [9.17, 15) is 4.79 Å². The Kier molecular flexibility index (Phi) is 5.06. The van der Waals surface area contributed by atoms with E-state index in [1.54, 1.807) is 6.20 Å². The van der Waals surface area contributed by atoms with E-state index in [1.165, 1.54) is 0 Å². The Bertz CT molecular complexity index is 1080. The van der Waals surface area contributed by atoms with Crippen molar-refractivity contribution in [1.82, 2.24) is 4.98 Å². The highest BCUT2D eigenvalue weighted by Crippen LogP contribution is 2.23. The van der Waals surface area contributed by atoms with Crippen LogP contribution in [-0.4, -0.2) is 16.8 Å². The van der Waals surface area contributed by atoms with Gasteiger partial charge in [-0.25, -0.2) is 4.79 Å². The van der Waals surface area contributed by atoms with Crippen molar-refractivity contribution in [3.63, 3.8) is 0 Å². The number of nitrogens with one attached hydrogen (secondary N) is 1. The lowest BCUT2D eigenvalue weighted by molar-refractivity contribution is 0.166. The van der Waals surface area contributed by atoms with Crippen LogP contribution in [0.3, 0.4) is 0 Å². The molecule has 0 aliphatic heterocycles. The van der Waals surface area contributed by atoms with Crippen LogP contribution in [0.25, 0.3) is 10.8 Å². The first-order valence-corrected chi connectivity index (χ1v) is 8.82. The van der Waals surface area contributed by atoms with E-state index < -0.39 is 6.09 Å². The van der Waals surface area contributed by atoms with Crippen LogP contribution in [0.1, 0.15) is 11.3 Å². The molecule has 3 aromatic carbocycles. The van der Waals surface area contributed by atoms with Crippen LogP contribution < -0.4 is 5.32 Å². The molecule has 1 aromatic heterocycles. The van der Waals surface area contributed by atoms with Crippen molar-refractivity contribution in [3.05, 3.63) is 108 Å². The fourth-order valence-electron chi connectivity index (χ4n) is 2.90. The Balaban J connectivity index is 1.59. The van der Waals surface area contributed by atoms with Gasteiger partial charge in [-0.3, -0.25) is 15.1 Å². The number of pyridine rings is 1. The molecule has 5 nitrogen and oxygen atoms in total. The first-order valence-electron chi connectivity index (χ1n) is 8.82. The zero-order valence-electron chi connectivity index (χ0n) is 14.9. The fraction of sp³-hybridized carbons (Fsp3) is 0. The van der Waals surface area contributed by atoms with Crippen LogP contribution in [0.15, 0.2) is 102 Å². The Morgan fingerprint density at radius 2 is 1.57 bits per heavy atom. The lowest BCUT2D eigenvalue weighted by atomic mass is 10.1. The summed E-state index contributed by atoms with van der Waals surface area (Å²) < 4.78 is 0. The second kappa shape index (κ2) is 8.14. The average Bonchev–Trinajstić information content (AvgIpc) is 2.76. The third kappa shape index (κ3) is 3.88. The molecule has 0 bridgehead atoms. The van der Waals surface area contributed by atoms with Gasteiger partial charge in [0.05, 0.1) is 11.4 Å². The van der Waals surface area contributed by atoms with Gasteiger partial charge in [0.1, 0.15) is 5.71 Å². The predicted octanol–water partition coefficient (Wildman–Crippen LogP) is 5.24. The van der Waals surface area contributed by atoms with E-state index in [0.29, 0.717) is 17.1 Å². The maximum absolute atomic E-state index is 12.4. The van der Waals surface area contributed by atoms with Gasteiger partial charge in [0.2, 0.25) is 0 Å². The Hall–Kier alpha value is -3.99. The summed E-state index contributed by atoms with van der Waals surface area (Å²) in [4.78, 5) is 21.8. The van der Waals surface area contributed by atoms with Crippen LogP contribution in [0.2, 0.25) is 0 Å². The highest BCUT2D eigenvalue weighted by molar-refractivity contribution is 6.11. The molecule has 0 atom stereocenters. The van der Waals surface area contributed by atoms with Gasteiger partial charge < -0.3 is 0 Å². The van der Waals surface area contributed by atoms with Crippen LogP contribution in [0.4, 0.5) is 10.5 Å². The van der Waals surface area contributed by atoms with Gasteiger partial charge in [-0.1, -0.05) is 78.0 Å². The van der Waals surface area contributed by atoms with Crippen molar-refractivity contribution in [2.75, 3.05) is 5.32 Å². The number of carbonyl (C=O) groups excluding carboxylic acids is 1. The average molecular weight is 367 g/mol. The van der Waals surface area contributed by atoms with Crippen LogP contribution in [-0.2, 0) is 4.84 Å². The quantitative estimate of drug-likeness (QED) is 0.305. The predicted molar refractivity (Wildman–Crippen MR) is 110 cm³/mol. The maximum atomic E-state index is 12.4. The van der Waals surface area contributed by atoms with Crippen molar-refractivity contribution >= 4 is 28.3 Å². The number of aromatic nitrogens is 1. The summed E-state index contributed by atoms with van der Waals surface area (Å²) in [6.07, 6.45) is 1.00. The summed E-state index contributed by atoms with van der Waals surface area (Å²) in [7, 11) is 0. The molecule has 0 aliphatic rings. The molecular weight excluding hydrogens is 350 g/mol. The zero-order valence-corrected chi connectivity index (χ0v) is 14.9. The number of fused-ring (bicyclic) bond motifs is 1. The molecule has 5 heteroatoms. The first kappa shape index (κ1) is 17.4. The van der Waals surface area contributed by atoms with E-state index in [0.717, 1.165) is 16.3 Å². The van der Waals surface area contributed by atoms with Crippen molar-refractivity contribution < 1.29 is 9.63 Å². The Morgan fingerprint density at radius 1 is 0.821 bits per heavy atom. The highest BCUT2D eigenvalue weighted by Gasteiger charge is 2.11. The van der Waals surface area contributed by atoms with Gasteiger partial charge in [-0.2, -0.15) is 0 Å². The molecule has 4 aromatic rings. The second-order valence-corrected chi connectivity index (χ2v) is 6.05. The number of benzene rings is 3. The van der Waals surface area contributed by atoms with Crippen LogP contribution >= 0.6 is 0 Å². The molecule has 4 rings (SSSR count). The van der Waals surface area contributed by atoms with Gasteiger partial charge in [0, 0.05) is 17.1 Å². The number of nitrogens with zero attached hydrogens (tertiary/aromatic N) is 2. The van der Waals surface area contributed by atoms with E-state index in [1.807, 2.05) is 91.0 Å². The summed E-state index contributed by atoms with van der Waals surface area (Å²) >= 11 is 0. The molecule has 1 heterocycles. The van der Waals surface area contributed by atoms with E-state index in [4.69, 9.17) is 4.84 Å². The van der Waals surface area contributed by atoms with Crippen molar-refractivity contribution in [1.29, 1.82) is 0 Å². The maximum Gasteiger partial charge on any atom is 0.437 e. The molecule has 0 saturated heterocycles. The Morgan fingerprint density at radius 3 is 2.39 bits per heavy atom. The van der Waals surface area contributed by atoms with Gasteiger partial charge in [-0.05, 0) is 23.6 Å². The minimum atomic E-state index is -0.666. The fourth-order valence-corrected chi connectivity index (χ4v) is 2.90. The lowest BCUT2D eigenvalue weighted by Crippen LogP contribution is -2.14. The molecule has 0 fully saturated rings. The molecule has 1 amide bonds. The van der Waals surface area contributed by atoms with Gasteiger partial charge in [-0.15, -0.1) is 0 Å². The van der Waals surface area contributed by atoms with Gasteiger partial charge >= 0.3 is 6.09 Å². The van der Waals surface area contributed by atoms with Crippen molar-refractivity contribution in [3.8, 4) is 0 Å². The third-order valence-electron chi connectivity index (χ3n) is 4.20. The molecule has 0 saturated carbocycles. The monoisotopic (exact) mass is 367 g/mol. The molecule has 0 spiro atoms. The summed E-state index contributed by atoms with van der Waals surface area (Å²) in [5, 5.41) is 8.80. The summed E-state index contributed by atoms with van der Waals surface area (Å²) in [6, 6.07) is 28.5. The number of amides is 1. The number of rotatable bonds is 4. The van der Waals surface area contributed by atoms with E-state index in [-0.39, 0.29) is 0 Å². The lowest BCUT2D eigenvalue weighted by Gasteiger charge is -2.08. The molecule has 136 valence electrons. The van der Waals surface area contributed by atoms with Crippen molar-refractivity contribution in [2.24, 2.45) is 5.16 Å². The van der Waals surface area contributed by atoms with Crippen molar-refractivity contribution in [2.45, 2.75) is 0 Å². The highest BCUT2D eigenvalue weighted by atomic mass is 16.7. The van der Waals surface area contributed by atoms with Crippen LogP contribution in [0.5, 0.6) is 0 Å². The van der Waals surface area contributed by atoms with Gasteiger partial charge in [0.25, 0.3) is 0 Å². The zero-order chi connectivity index (χ0) is 19.2. The first-order chi connectivity index (χ1) is 13.8. The second-order valence-electron chi connectivity index (χ2n) is 6.05. The van der Waals surface area contributed by atoms with Crippen LogP contribution in [0, 0.1) is 0 Å². The standard InChI is InChI=1S/C23H17N3O2/c27-23(25-20-15-8-12-17-9-4-5-13-19(17)20)28-26-22(18-10-2-1-3-11-18)21-14-6-7-16-24-21/h1-16H,(H,25,27). The number of oxime groups is 1. The minimum absolute atomic E-state index is 0.481. The summed E-state index contributed by atoms with van der Waals surface area (Å²) in [5.41, 5.74) is 2.57. The molecule has 28 heavy (non-hydrogen) atoms. The molecule has 0 aliphatic carbocycles. The number of anilines is 1. The smallest absolute Gasteiger partial charge is 0.297 e. The number of hydrogen-bond donors (Lipinski definition) is 1. The third-order valence-corrected chi connectivity index (χ3v) is 4.20. The normalized spacial score (nSPS) is 11.2. The van der Waals surface area contributed by atoms with Gasteiger partial charge in [0.15, 0.2) is 0 Å². The summed E-state index contributed by atoms with van der Waals surface area (Å²) in [6.45, 7) is 0. The topological polar surface area (TPSA) is 63.6 Å². The number of hydrogen-bond acceptors (Lipinski definition) is 4. The SMILES string of the molecule is O=C(Nc1cccc2ccccc12)ON=C(c1ccccc1)c1ccccn1. The molecule has 0 radical (unpaired) electrons. The number of carbonyl (C=O) groups is 1. The summed E-state index contributed by atoms with van der Waals surface area (Å²) in [5.74, 6) is 0. The molecule has 0 unspecified atom stereocenters. The largest absolute Gasteiger partial charge is 0.437 e. The minimum Gasteiger partial charge on any atom is -0.297 e. The molecular formula is C23H17N3O2. The molecule has 1 N–H and O–H groups in total. The van der Waals surface area contributed by atoms with E-state index in [2.05, 4.69) is 15.5 Å².